The lowest BCUT2D eigenvalue weighted by molar-refractivity contribution is -0.128. The van der Waals surface area contributed by atoms with Crippen LogP contribution < -0.4 is 10.1 Å². The Bertz CT molecular complexity index is 1010. The van der Waals surface area contributed by atoms with Gasteiger partial charge >= 0.3 is 0 Å². The van der Waals surface area contributed by atoms with Gasteiger partial charge in [-0.2, -0.15) is 0 Å². The molecule has 7 nitrogen and oxygen atoms in total. The van der Waals surface area contributed by atoms with Gasteiger partial charge in [0, 0.05) is 43.7 Å². The lowest BCUT2D eigenvalue weighted by Crippen LogP contribution is -2.30. The van der Waals surface area contributed by atoms with E-state index in [1.165, 1.54) is 11.8 Å². The number of carbonyl (C=O) groups excluding carboxylic acids is 2. The molecule has 0 spiro atoms. The van der Waals surface area contributed by atoms with E-state index < -0.39 is 0 Å². The lowest BCUT2D eigenvalue weighted by Gasteiger charge is -2.16. The SMILES string of the molecule is O=C(Nc1cccc(Oc2cnccn2)c1)C1CC(=O)N(CCc2ccccc2)C1. The van der Waals surface area contributed by atoms with Crippen molar-refractivity contribution in [2.75, 3.05) is 18.4 Å². The molecule has 30 heavy (non-hydrogen) atoms. The summed E-state index contributed by atoms with van der Waals surface area (Å²) in [5, 5.41) is 2.89. The van der Waals surface area contributed by atoms with Crippen LogP contribution in [0.4, 0.5) is 5.69 Å². The molecular formula is C23H22N4O3. The third-order valence-electron chi connectivity index (χ3n) is 4.96. The number of nitrogens with zero attached hydrogens (tertiary/aromatic N) is 3. The smallest absolute Gasteiger partial charge is 0.237 e. The zero-order valence-electron chi connectivity index (χ0n) is 16.4. The Kier molecular flexibility index (Phi) is 5.98. The van der Waals surface area contributed by atoms with Gasteiger partial charge in [-0.15, -0.1) is 0 Å². The van der Waals surface area contributed by atoms with Crippen LogP contribution in [-0.4, -0.2) is 39.8 Å². The number of benzene rings is 2. The molecular weight excluding hydrogens is 380 g/mol. The maximum atomic E-state index is 12.7. The first-order valence-electron chi connectivity index (χ1n) is 9.84. The summed E-state index contributed by atoms with van der Waals surface area (Å²) in [4.78, 5) is 34.8. The number of nitrogens with one attached hydrogen (secondary N) is 1. The second-order valence-electron chi connectivity index (χ2n) is 7.14. The second-order valence-corrected chi connectivity index (χ2v) is 7.14. The third-order valence-corrected chi connectivity index (χ3v) is 4.96. The van der Waals surface area contributed by atoms with Gasteiger partial charge in [-0.3, -0.25) is 14.6 Å². The third kappa shape index (κ3) is 5.00. The summed E-state index contributed by atoms with van der Waals surface area (Å²) in [5.74, 6) is 0.405. The molecule has 0 saturated carbocycles. The fourth-order valence-electron chi connectivity index (χ4n) is 3.41. The zero-order valence-corrected chi connectivity index (χ0v) is 16.4. The average Bonchev–Trinajstić information content (AvgIpc) is 3.15. The molecule has 2 aromatic carbocycles. The van der Waals surface area contributed by atoms with Crippen molar-refractivity contribution in [3.8, 4) is 11.6 Å². The summed E-state index contributed by atoms with van der Waals surface area (Å²) >= 11 is 0. The molecule has 2 amide bonds. The summed E-state index contributed by atoms with van der Waals surface area (Å²) in [7, 11) is 0. The van der Waals surface area contributed by atoms with E-state index in [1.807, 2.05) is 30.3 Å². The Morgan fingerprint density at radius 3 is 2.80 bits per heavy atom. The van der Waals surface area contributed by atoms with E-state index >= 15 is 0 Å². The predicted molar refractivity (Wildman–Crippen MR) is 112 cm³/mol. The molecule has 4 rings (SSSR count). The normalized spacial score (nSPS) is 15.8. The minimum absolute atomic E-state index is 0.0193. The molecule has 0 bridgehead atoms. The van der Waals surface area contributed by atoms with E-state index in [-0.39, 0.29) is 24.2 Å². The van der Waals surface area contributed by atoms with Gasteiger partial charge in [-0.05, 0) is 24.1 Å². The van der Waals surface area contributed by atoms with E-state index in [0.717, 1.165) is 6.42 Å². The van der Waals surface area contributed by atoms with Crippen LogP contribution in [0.1, 0.15) is 12.0 Å². The number of hydrogen-bond donors (Lipinski definition) is 1. The van der Waals surface area contributed by atoms with Crippen molar-refractivity contribution >= 4 is 17.5 Å². The van der Waals surface area contributed by atoms with E-state index in [0.29, 0.717) is 30.4 Å². The van der Waals surface area contributed by atoms with Crippen molar-refractivity contribution in [1.82, 2.24) is 14.9 Å². The van der Waals surface area contributed by atoms with Gasteiger partial charge in [-0.1, -0.05) is 36.4 Å². The molecule has 0 aliphatic carbocycles. The molecule has 1 saturated heterocycles. The van der Waals surface area contributed by atoms with Crippen LogP contribution in [0.25, 0.3) is 0 Å². The molecule has 1 aliphatic heterocycles. The summed E-state index contributed by atoms with van der Waals surface area (Å²) < 4.78 is 5.65. The van der Waals surface area contributed by atoms with E-state index in [4.69, 9.17) is 4.74 Å². The Morgan fingerprint density at radius 1 is 1.13 bits per heavy atom. The van der Waals surface area contributed by atoms with Gasteiger partial charge in [0.25, 0.3) is 0 Å². The summed E-state index contributed by atoms with van der Waals surface area (Å²) in [6.07, 6.45) is 5.63. The van der Waals surface area contributed by atoms with Crippen molar-refractivity contribution in [2.24, 2.45) is 5.92 Å². The molecule has 7 heteroatoms. The standard InChI is InChI=1S/C23H22N4O3/c28-22-13-18(16-27(22)12-9-17-5-2-1-3-6-17)23(29)26-19-7-4-8-20(14-19)30-21-15-24-10-11-25-21/h1-8,10-11,14-15,18H,9,12-13,16H2,(H,26,29). The van der Waals surface area contributed by atoms with E-state index in [1.54, 1.807) is 41.6 Å². The lowest BCUT2D eigenvalue weighted by atomic mass is 10.1. The highest BCUT2D eigenvalue weighted by atomic mass is 16.5. The summed E-state index contributed by atoms with van der Waals surface area (Å²) in [5.41, 5.74) is 1.79. The number of rotatable bonds is 7. The molecule has 1 unspecified atom stereocenters. The number of ether oxygens (including phenoxy) is 1. The number of aromatic nitrogens is 2. The first kappa shape index (κ1) is 19.6. The van der Waals surface area contributed by atoms with Crippen LogP contribution in [-0.2, 0) is 16.0 Å². The molecule has 1 aliphatic rings. The first-order valence-corrected chi connectivity index (χ1v) is 9.84. The Balaban J connectivity index is 1.33. The fourth-order valence-corrected chi connectivity index (χ4v) is 3.41. The minimum atomic E-state index is -0.363. The first-order chi connectivity index (χ1) is 14.7. The van der Waals surface area contributed by atoms with Gasteiger partial charge in [0.05, 0.1) is 12.1 Å². The van der Waals surface area contributed by atoms with E-state index in [2.05, 4.69) is 15.3 Å². The Labute approximate surface area is 174 Å². The summed E-state index contributed by atoms with van der Waals surface area (Å²) in [6.45, 7) is 1.06. The Morgan fingerprint density at radius 2 is 2.00 bits per heavy atom. The second kappa shape index (κ2) is 9.17. The van der Waals surface area contributed by atoms with Gasteiger partial charge in [-0.25, -0.2) is 4.98 Å². The molecule has 2 heterocycles. The van der Waals surface area contributed by atoms with Gasteiger partial charge in [0.15, 0.2) is 0 Å². The molecule has 1 aromatic heterocycles. The quantitative estimate of drug-likeness (QED) is 0.656. The van der Waals surface area contributed by atoms with Crippen molar-refractivity contribution in [1.29, 1.82) is 0 Å². The zero-order chi connectivity index (χ0) is 20.8. The average molecular weight is 402 g/mol. The Hall–Kier alpha value is -3.74. The molecule has 3 aromatic rings. The molecule has 1 N–H and O–H groups in total. The van der Waals surface area contributed by atoms with Crippen LogP contribution in [0.5, 0.6) is 11.6 Å². The van der Waals surface area contributed by atoms with Crippen LogP contribution in [0.2, 0.25) is 0 Å². The van der Waals surface area contributed by atoms with Crippen LogP contribution in [0, 0.1) is 5.92 Å². The highest BCUT2D eigenvalue weighted by Gasteiger charge is 2.34. The maximum Gasteiger partial charge on any atom is 0.237 e. The minimum Gasteiger partial charge on any atom is -0.437 e. The molecule has 1 atom stereocenters. The van der Waals surface area contributed by atoms with Crippen molar-refractivity contribution < 1.29 is 14.3 Å². The highest BCUT2D eigenvalue weighted by Crippen LogP contribution is 2.24. The molecule has 152 valence electrons. The predicted octanol–water partition coefficient (Wildman–Crippen LogP) is 3.30. The number of carbonyl (C=O) groups is 2. The topological polar surface area (TPSA) is 84.4 Å². The van der Waals surface area contributed by atoms with Crippen molar-refractivity contribution in [3.05, 3.63) is 78.8 Å². The van der Waals surface area contributed by atoms with Crippen LogP contribution in [0.3, 0.4) is 0 Å². The van der Waals surface area contributed by atoms with Gasteiger partial charge in [0.2, 0.25) is 17.7 Å². The monoisotopic (exact) mass is 402 g/mol. The van der Waals surface area contributed by atoms with Crippen LogP contribution >= 0.6 is 0 Å². The largest absolute Gasteiger partial charge is 0.437 e. The number of likely N-dealkylation sites (tertiary alicyclic amines) is 1. The number of amides is 2. The van der Waals surface area contributed by atoms with Gasteiger partial charge < -0.3 is 15.0 Å². The number of anilines is 1. The van der Waals surface area contributed by atoms with Crippen molar-refractivity contribution in [3.63, 3.8) is 0 Å². The van der Waals surface area contributed by atoms with Gasteiger partial charge in [0.1, 0.15) is 5.75 Å². The van der Waals surface area contributed by atoms with Crippen molar-refractivity contribution in [2.45, 2.75) is 12.8 Å². The fraction of sp³-hybridized carbons (Fsp3) is 0.217. The maximum absolute atomic E-state index is 12.7. The number of hydrogen-bond acceptors (Lipinski definition) is 5. The highest BCUT2D eigenvalue weighted by molar-refractivity contribution is 5.97. The van der Waals surface area contributed by atoms with Crippen LogP contribution in [0.15, 0.2) is 73.2 Å². The summed E-state index contributed by atoms with van der Waals surface area (Å²) in [6, 6.07) is 17.1. The molecule has 1 fully saturated rings. The molecule has 0 radical (unpaired) electrons. The van der Waals surface area contributed by atoms with E-state index in [9.17, 15) is 9.59 Å².